The predicted octanol–water partition coefficient (Wildman–Crippen LogP) is 8.60. The molecule has 298 valence electrons. The van der Waals surface area contributed by atoms with Crippen molar-refractivity contribution >= 4 is 40.0 Å². The van der Waals surface area contributed by atoms with Crippen molar-refractivity contribution in [3.8, 4) is 16.9 Å². The van der Waals surface area contributed by atoms with Crippen molar-refractivity contribution < 1.29 is 27.5 Å². The van der Waals surface area contributed by atoms with E-state index in [1.54, 1.807) is 37.6 Å². The van der Waals surface area contributed by atoms with E-state index in [1.807, 2.05) is 30.0 Å². The smallest absolute Gasteiger partial charge is 0.416 e. The Morgan fingerprint density at radius 3 is 2.35 bits per heavy atom. The number of ether oxygens (including phenoxy) is 1. The highest BCUT2D eigenvalue weighted by molar-refractivity contribution is 6.05. The van der Waals surface area contributed by atoms with Gasteiger partial charge in [-0.05, 0) is 116 Å². The molecule has 10 nitrogen and oxygen atoms in total. The van der Waals surface area contributed by atoms with Crippen molar-refractivity contribution in [2.24, 2.45) is 0 Å². The number of benzene rings is 4. The number of alkyl halides is 3. The Labute approximate surface area is 331 Å². The van der Waals surface area contributed by atoms with Crippen LogP contribution >= 0.6 is 0 Å². The Morgan fingerprint density at radius 2 is 1.65 bits per heavy atom. The molecule has 2 aliphatic rings. The van der Waals surface area contributed by atoms with E-state index in [1.165, 1.54) is 12.1 Å². The van der Waals surface area contributed by atoms with Crippen molar-refractivity contribution in [2.45, 2.75) is 51.7 Å². The van der Waals surface area contributed by atoms with Crippen LogP contribution in [0, 0.1) is 6.92 Å². The molecule has 0 unspecified atom stereocenters. The summed E-state index contributed by atoms with van der Waals surface area (Å²) in [5.74, 6) is 0.331. The number of rotatable bonds is 9. The molecule has 13 heteroatoms. The van der Waals surface area contributed by atoms with Crippen LogP contribution in [0.4, 0.5) is 30.5 Å². The minimum Gasteiger partial charge on any atom is -0.495 e. The average Bonchev–Trinajstić information content (AvgIpc) is 3.21. The van der Waals surface area contributed by atoms with Crippen molar-refractivity contribution in [2.75, 3.05) is 64.1 Å². The first-order valence-electron chi connectivity index (χ1n) is 19.3. The minimum absolute atomic E-state index is 0.0128. The molecule has 0 atom stereocenters. The number of halogens is 3. The first-order valence-corrected chi connectivity index (χ1v) is 19.3. The van der Waals surface area contributed by atoms with Crippen LogP contribution < -0.4 is 15.4 Å². The quantitative estimate of drug-likeness (QED) is 0.153. The van der Waals surface area contributed by atoms with E-state index in [0.717, 1.165) is 97.4 Å². The number of aryl methyl sites for hydroxylation is 1. The molecule has 2 saturated heterocycles. The number of carbonyl (C=O) groups excluding carboxylic acids is 2. The second kappa shape index (κ2) is 16.5. The third-order valence-corrected chi connectivity index (χ3v) is 11.1. The van der Waals surface area contributed by atoms with Crippen molar-refractivity contribution in [1.82, 2.24) is 24.7 Å². The number of hydrogen-bond acceptors (Lipinski definition) is 8. The van der Waals surface area contributed by atoms with E-state index in [-0.39, 0.29) is 17.4 Å². The first-order chi connectivity index (χ1) is 27.3. The molecule has 4 aromatic carbocycles. The van der Waals surface area contributed by atoms with Gasteiger partial charge in [0, 0.05) is 73.7 Å². The fourth-order valence-electron chi connectivity index (χ4n) is 7.74. The van der Waals surface area contributed by atoms with E-state index >= 15 is 0 Å². The van der Waals surface area contributed by atoms with Gasteiger partial charge in [0.15, 0.2) is 0 Å². The SMILES string of the molecule is COc1ccc(C(=O)N2CCC(N3CCN(C)CC3)CC2)cc1Nc1ncc2cc(-c3cc(NC(=O)c4cccc(C(F)(F)F)c4)ccc3C)cc(C(C)C)c2n1. The van der Waals surface area contributed by atoms with Gasteiger partial charge in [-0.2, -0.15) is 13.2 Å². The van der Waals surface area contributed by atoms with Crippen LogP contribution in [0.1, 0.15) is 70.0 Å². The summed E-state index contributed by atoms with van der Waals surface area (Å²) < 4.78 is 45.5. The molecule has 2 N–H and O–H groups in total. The normalized spacial score (nSPS) is 15.9. The van der Waals surface area contributed by atoms with Crippen LogP contribution in [-0.2, 0) is 6.18 Å². The molecule has 5 aromatic rings. The zero-order chi connectivity index (χ0) is 40.4. The molecule has 3 heterocycles. The van der Waals surface area contributed by atoms with E-state index in [0.29, 0.717) is 34.7 Å². The number of nitrogens with one attached hydrogen (secondary N) is 2. The third-order valence-electron chi connectivity index (χ3n) is 11.1. The Balaban J connectivity index is 1.10. The van der Waals surface area contributed by atoms with Gasteiger partial charge in [0.1, 0.15) is 5.75 Å². The summed E-state index contributed by atoms with van der Waals surface area (Å²) in [7, 11) is 3.74. The predicted molar refractivity (Wildman–Crippen MR) is 217 cm³/mol. The van der Waals surface area contributed by atoms with E-state index in [2.05, 4.69) is 52.4 Å². The van der Waals surface area contributed by atoms with E-state index in [9.17, 15) is 22.8 Å². The Morgan fingerprint density at radius 1 is 0.895 bits per heavy atom. The van der Waals surface area contributed by atoms with Gasteiger partial charge < -0.3 is 25.2 Å². The van der Waals surface area contributed by atoms with E-state index in [4.69, 9.17) is 9.72 Å². The molecule has 1 aromatic heterocycles. The molecular weight excluding hydrogens is 732 g/mol. The summed E-state index contributed by atoms with van der Waals surface area (Å²) in [5, 5.41) is 6.87. The number of anilines is 3. The topological polar surface area (TPSA) is 103 Å². The summed E-state index contributed by atoms with van der Waals surface area (Å²) in [6.45, 7) is 11.9. The lowest BCUT2D eigenvalue weighted by atomic mass is 9.92. The lowest BCUT2D eigenvalue weighted by Gasteiger charge is -2.42. The number of hydrogen-bond donors (Lipinski definition) is 2. The van der Waals surface area contributed by atoms with Crippen molar-refractivity contribution in [3.63, 3.8) is 0 Å². The van der Waals surface area contributed by atoms with Gasteiger partial charge in [-0.1, -0.05) is 26.0 Å². The Hall–Kier alpha value is -5.53. The molecule has 0 aliphatic carbocycles. The highest BCUT2D eigenvalue weighted by atomic mass is 19.4. The van der Waals surface area contributed by atoms with Crippen molar-refractivity contribution in [3.05, 3.63) is 107 Å². The van der Waals surface area contributed by atoms with Crippen LogP contribution in [0.25, 0.3) is 22.0 Å². The van der Waals surface area contributed by atoms with Gasteiger partial charge in [-0.15, -0.1) is 0 Å². The maximum atomic E-state index is 13.7. The largest absolute Gasteiger partial charge is 0.495 e. The van der Waals surface area contributed by atoms with Gasteiger partial charge in [-0.25, -0.2) is 9.97 Å². The van der Waals surface area contributed by atoms with Crippen LogP contribution in [0.2, 0.25) is 0 Å². The molecule has 0 spiro atoms. The van der Waals surface area contributed by atoms with Crippen LogP contribution in [0.15, 0.2) is 79.0 Å². The average molecular weight is 780 g/mol. The van der Waals surface area contributed by atoms with Crippen LogP contribution in [0.3, 0.4) is 0 Å². The Kier molecular flexibility index (Phi) is 11.5. The van der Waals surface area contributed by atoms with Gasteiger partial charge in [0.2, 0.25) is 5.95 Å². The van der Waals surface area contributed by atoms with E-state index < -0.39 is 17.6 Å². The number of likely N-dealkylation sites (N-methyl/N-ethyl adjacent to an activating group) is 1. The Bertz CT molecular complexity index is 2280. The molecule has 7 rings (SSSR count). The fourth-order valence-corrected chi connectivity index (χ4v) is 7.74. The van der Waals surface area contributed by atoms with Gasteiger partial charge in [-0.3, -0.25) is 14.5 Å². The standard InChI is InChI=1S/C44H48F3N7O3/c1-27(2)36-23-31(37-25-34(11-9-28(37)3)49-41(55)29-7-6-8-33(22-29)44(45,46)47)21-32-26-48-43(51-40(32)36)50-38-24-30(10-12-39(38)57-5)42(56)54-15-13-35(14-16-54)53-19-17-52(4)18-20-53/h6-12,21-27,35H,13-20H2,1-5H3,(H,49,55)(H,48,50,51). The molecule has 2 amide bonds. The zero-order valence-corrected chi connectivity index (χ0v) is 32.9. The fraction of sp³-hybridized carbons (Fsp3) is 0.364. The summed E-state index contributed by atoms with van der Waals surface area (Å²) in [6, 6.07) is 19.7. The van der Waals surface area contributed by atoms with Crippen molar-refractivity contribution in [1.29, 1.82) is 0 Å². The van der Waals surface area contributed by atoms with Gasteiger partial charge >= 0.3 is 6.18 Å². The molecule has 0 saturated carbocycles. The molecule has 2 fully saturated rings. The van der Waals surface area contributed by atoms with Gasteiger partial charge in [0.05, 0.1) is 23.9 Å². The number of methoxy groups -OCH3 is 1. The lowest BCUT2D eigenvalue weighted by molar-refractivity contribution is -0.137. The monoisotopic (exact) mass is 779 g/mol. The van der Waals surface area contributed by atoms with Gasteiger partial charge in [0.25, 0.3) is 11.8 Å². The number of piperidine rings is 1. The maximum absolute atomic E-state index is 13.7. The number of nitrogens with zero attached hydrogens (tertiary/aromatic N) is 5. The first kappa shape index (κ1) is 39.7. The zero-order valence-electron chi connectivity index (χ0n) is 32.9. The lowest BCUT2D eigenvalue weighted by Crippen LogP contribution is -2.52. The molecule has 0 bridgehead atoms. The second-order valence-corrected chi connectivity index (χ2v) is 15.3. The second-order valence-electron chi connectivity index (χ2n) is 15.3. The van der Waals surface area contributed by atoms with Crippen LogP contribution in [0.5, 0.6) is 5.75 Å². The number of aromatic nitrogens is 2. The highest BCUT2D eigenvalue weighted by Crippen LogP contribution is 2.36. The summed E-state index contributed by atoms with van der Waals surface area (Å²) >= 11 is 0. The third kappa shape index (κ3) is 8.89. The minimum atomic E-state index is -4.56. The number of carbonyl (C=O) groups is 2. The summed E-state index contributed by atoms with van der Waals surface area (Å²) in [6.07, 6.45) is -0.877. The molecule has 0 radical (unpaired) electrons. The number of piperazine rings is 1. The highest BCUT2D eigenvalue weighted by Gasteiger charge is 2.31. The number of amides is 2. The number of fused-ring (bicyclic) bond motifs is 1. The molecule has 57 heavy (non-hydrogen) atoms. The van der Waals surface area contributed by atoms with Crippen LogP contribution in [-0.4, -0.2) is 95.9 Å². The molecular formula is C44H48F3N7O3. The summed E-state index contributed by atoms with van der Waals surface area (Å²) in [5.41, 5.74) is 5.02. The molecule has 2 aliphatic heterocycles. The number of likely N-dealkylation sites (tertiary alicyclic amines) is 1. The maximum Gasteiger partial charge on any atom is 0.416 e. The summed E-state index contributed by atoms with van der Waals surface area (Å²) in [4.78, 5) is 43.2.